The van der Waals surface area contributed by atoms with Crippen LogP contribution < -0.4 is 20.9 Å². The molecule has 1 aromatic heterocycles. The lowest BCUT2D eigenvalue weighted by atomic mass is 9.94. The summed E-state index contributed by atoms with van der Waals surface area (Å²) in [5, 5.41) is 25.9. The Balaban J connectivity index is 1.46. The molecule has 226 valence electrons. The first kappa shape index (κ1) is 31.1. The van der Waals surface area contributed by atoms with Crippen molar-refractivity contribution in [2.45, 2.75) is 44.6 Å². The maximum absolute atomic E-state index is 13.6. The number of nitrogens with one attached hydrogen (secondary N) is 4. The van der Waals surface area contributed by atoms with E-state index in [0.29, 0.717) is 31.2 Å². The van der Waals surface area contributed by atoms with Crippen LogP contribution in [-0.4, -0.2) is 52.7 Å². The number of aromatic nitrogens is 1. The number of amides is 3. The van der Waals surface area contributed by atoms with E-state index < -0.39 is 23.8 Å². The van der Waals surface area contributed by atoms with Crippen LogP contribution in [-0.2, 0) is 33.6 Å². The van der Waals surface area contributed by atoms with Crippen molar-refractivity contribution in [3.05, 3.63) is 95.7 Å². The lowest BCUT2D eigenvalue weighted by molar-refractivity contribution is -0.136. The van der Waals surface area contributed by atoms with Crippen molar-refractivity contribution in [3.8, 4) is 11.5 Å². The van der Waals surface area contributed by atoms with Gasteiger partial charge in [-0.05, 0) is 66.6 Å². The summed E-state index contributed by atoms with van der Waals surface area (Å²) in [6, 6.07) is 21.3. The molecule has 10 heteroatoms. The van der Waals surface area contributed by atoms with Crippen LogP contribution >= 0.6 is 0 Å². The Morgan fingerprint density at radius 2 is 1.65 bits per heavy atom. The van der Waals surface area contributed by atoms with E-state index in [9.17, 15) is 19.5 Å². The number of hydrogen-bond acceptors (Lipinski definition) is 6. The highest BCUT2D eigenvalue weighted by Crippen LogP contribution is 2.21. The number of benzene rings is 3. The van der Waals surface area contributed by atoms with Gasteiger partial charge in [-0.15, -0.1) is 0 Å². The van der Waals surface area contributed by atoms with Gasteiger partial charge in [-0.2, -0.15) is 0 Å². The third-order valence-electron chi connectivity index (χ3n) is 7.52. The minimum Gasteiger partial charge on any atom is -0.508 e. The topological polar surface area (TPSA) is 153 Å². The summed E-state index contributed by atoms with van der Waals surface area (Å²) in [6.45, 7) is 0.259. The Morgan fingerprint density at radius 3 is 2.40 bits per heavy atom. The van der Waals surface area contributed by atoms with Crippen molar-refractivity contribution in [3.63, 3.8) is 0 Å². The molecule has 3 aromatic carbocycles. The zero-order valence-electron chi connectivity index (χ0n) is 24.1. The molecule has 43 heavy (non-hydrogen) atoms. The molecule has 2 atom stereocenters. The molecule has 0 saturated carbocycles. The molecule has 0 spiro atoms. The third-order valence-corrected chi connectivity index (χ3v) is 7.52. The van der Waals surface area contributed by atoms with Crippen molar-refractivity contribution in [2.24, 2.45) is 5.92 Å². The SMILES string of the molecule is COc1ccc(CCC[C@@H](CC(=O)NO)C(=O)N[C@H](Cc2c[nH]c3ccccc23)C(=O)NCCc2ccccc2O)cc1. The Kier molecular flexibility index (Phi) is 11.2. The number of aromatic hydroxyl groups is 1. The van der Waals surface area contributed by atoms with E-state index in [1.807, 2.05) is 60.8 Å². The van der Waals surface area contributed by atoms with Gasteiger partial charge in [0.15, 0.2) is 0 Å². The highest BCUT2D eigenvalue weighted by atomic mass is 16.5. The summed E-state index contributed by atoms with van der Waals surface area (Å²) in [6.07, 6.45) is 3.91. The second-order valence-electron chi connectivity index (χ2n) is 10.5. The number of carbonyl (C=O) groups excluding carboxylic acids is 3. The molecule has 1 heterocycles. The number of hydroxylamine groups is 1. The van der Waals surface area contributed by atoms with E-state index in [2.05, 4.69) is 15.6 Å². The van der Waals surface area contributed by atoms with Gasteiger partial charge in [0.2, 0.25) is 17.7 Å². The van der Waals surface area contributed by atoms with E-state index in [4.69, 9.17) is 9.94 Å². The maximum Gasteiger partial charge on any atom is 0.244 e. The summed E-state index contributed by atoms with van der Waals surface area (Å²) in [7, 11) is 1.60. The number of phenols is 1. The molecule has 0 saturated heterocycles. The van der Waals surface area contributed by atoms with Crippen molar-refractivity contribution in [1.29, 1.82) is 0 Å². The highest BCUT2D eigenvalue weighted by molar-refractivity contribution is 5.91. The van der Waals surface area contributed by atoms with Crippen LogP contribution in [0, 0.1) is 5.92 Å². The van der Waals surface area contributed by atoms with E-state index in [0.717, 1.165) is 27.8 Å². The van der Waals surface area contributed by atoms with E-state index in [1.54, 1.807) is 30.8 Å². The number of aromatic amines is 1. The largest absolute Gasteiger partial charge is 0.508 e. The number of fused-ring (bicyclic) bond motifs is 1. The predicted octanol–water partition coefficient (Wildman–Crippen LogP) is 3.80. The first-order valence-electron chi connectivity index (χ1n) is 14.3. The molecule has 4 aromatic rings. The summed E-state index contributed by atoms with van der Waals surface area (Å²) in [5.74, 6) is -1.35. The van der Waals surface area contributed by atoms with Crippen LogP contribution in [0.4, 0.5) is 0 Å². The summed E-state index contributed by atoms with van der Waals surface area (Å²) in [5.41, 5.74) is 5.16. The number of phenolic OH excluding ortho intramolecular Hbond substituents is 1. The zero-order valence-corrected chi connectivity index (χ0v) is 24.1. The molecule has 0 unspecified atom stereocenters. The number of rotatable bonds is 15. The number of carbonyl (C=O) groups is 3. The van der Waals surface area contributed by atoms with E-state index >= 15 is 0 Å². The molecular weight excluding hydrogens is 548 g/mol. The minimum absolute atomic E-state index is 0.153. The number of H-pyrrole nitrogens is 1. The van der Waals surface area contributed by atoms with Gasteiger partial charge in [0.05, 0.1) is 7.11 Å². The molecule has 0 fully saturated rings. The average Bonchev–Trinajstić information content (AvgIpc) is 3.43. The highest BCUT2D eigenvalue weighted by Gasteiger charge is 2.28. The first-order chi connectivity index (χ1) is 20.9. The Labute approximate surface area is 250 Å². The van der Waals surface area contributed by atoms with Gasteiger partial charge < -0.3 is 25.5 Å². The van der Waals surface area contributed by atoms with Gasteiger partial charge in [-0.1, -0.05) is 48.5 Å². The van der Waals surface area contributed by atoms with Gasteiger partial charge in [0.25, 0.3) is 0 Å². The van der Waals surface area contributed by atoms with Crippen LogP contribution in [0.15, 0.2) is 79.0 Å². The van der Waals surface area contributed by atoms with Crippen LogP contribution in [0.5, 0.6) is 11.5 Å². The average molecular weight is 587 g/mol. The normalized spacial score (nSPS) is 12.3. The molecule has 0 aliphatic heterocycles. The first-order valence-corrected chi connectivity index (χ1v) is 14.3. The Hall–Kier alpha value is -4.83. The summed E-state index contributed by atoms with van der Waals surface area (Å²) in [4.78, 5) is 42.3. The van der Waals surface area contributed by atoms with Crippen LogP contribution in [0.1, 0.15) is 36.0 Å². The van der Waals surface area contributed by atoms with Crippen LogP contribution in [0.2, 0.25) is 0 Å². The molecule has 4 rings (SSSR count). The summed E-state index contributed by atoms with van der Waals surface area (Å²) >= 11 is 0. The second-order valence-corrected chi connectivity index (χ2v) is 10.5. The van der Waals surface area contributed by atoms with Crippen molar-refractivity contribution < 1.29 is 29.4 Å². The fourth-order valence-corrected chi connectivity index (χ4v) is 5.13. The summed E-state index contributed by atoms with van der Waals surface area (Å²) < 4.78 is 5.20. The van der Waals surface area contributed by atoms with Crippen molar-refractivity contribution in [2.75, 3.05) is 13.7 Å². The number of para-hydroxylation sites is 2. The van der Waals surface area contributed by atoms with Gasteiger partial charge in [0.1, 0.15) is 17.5 Å². The molecule has 0 radical (unpaired) electrons. The fourth-order valence-electron chi connectivity index (χ4n) is 5.13. The molecule has 6 N–H and O–H groups in total. The standard InChI is InChI=1S/C33H38N4O6/c1-43-26-15-13-22(14-16-26)7-6-9-24(20-31(39)37-42)32(40)36-29(19-25-21-35-28-11-4-3-10-27(25)28)33(41)34-18-17-23-8-2-5-12-30(23)38/h2-5,8,10-16,21,24,29,35,38,42H,6-7,9,17-20H2,1H3,(H,34,41)(H,36,40)(H,37,39)/t24-,29+/m0/s1. The van der Waals surface area contributed by atoms with Crippen LogP contribution in [0.25, 0.3) is 10.9 Å². The molecule has 3 amide bonds. The van der Waals surface area contributed by atoms with E-state index in [-0.39, 0.29) is 31.0 Å². The molecule has 10 nitrogen and oxygen atoms in total. The fraction of sp³-hybridized carbons (Fsp3) is 0.303. The zero-order chi connectivity index (χ0) is 30.6. The predicted molar refractivity (Wildman–Crippen MR) is 163 cm³/mol. The Morgan fingerprint density at radius 1 is 0.907 bits per heavy atom. The van der Waals surface area contributed by atoms with Gasteiger partial charge >= 0.3 is 0 Å². The monoisotopic (exact) mass is 586 g/mol. The van der Waals surface area contributed by atoms with E-state index in [1.165, 1.54) is 0 Å². The lowest BCUT2D eigenvalue weighted by Crippen LogP contribution is -2.50. The van der Waals surface area contributed by atoms with Crippen molar-refractivity contribution >= 4 is 28.6 Å². The molecule has 0 aliphatic carbocycles. The Bertz CT molecular complexity index is 1520. The van der Waals surface area contributed by atoms with Gasteiger partial charge in [0, 0.05) is 42.4 Å². The molecule has 0 bridgehead atoms. The number of ether oxygens (including phenoxy) is 1. The van der Waals surface area contributed by atoms with Gasteiger partial charge in [-0.3, -0.25) is 19.6 Å². The number of hydrogen-bond donors (Lipinski definition) is 6. The second kappa shape index (κ2) is 15.4. The quantitative estimate of drug-likeness (QED) is 0.0921. The van der Waals surface area contributed by atoms with Gasteiger partial charge in [-0.25, -0.2) is 5.48 Å². The van der Waals surface area contributed by atoms with Crippen molar-refractivity contribution in [1.82, 2.24) is 21.1 Å². The lowest BCUT2D eigenvalue weighted by Gasteiger charge is -2.22. The smallest absolute Gasteiger partial charge is 0.244 e. The number of methoxy groups -OCH3 is 1. The molecular formula is C33H38N4O6. The molecule has 0 aliphatic rings. The number of aryl methyl sites for hydroxylation is 1. The minimum atomic E-state index is -0.919. The van der Waals surface area contributed by atoms with Crippen LogP contribution in [0.3, 0.4) is 0 Å². The third kappa shape index (κ3) is 8.83. The maximum atomic E-state index is 13.6.